The normalized spacial score (nSPS) is 28.5. The Morgan fingerprint density at radius 2 is 2.08 bits per heavy atom. The van der Waals surface area contributed by atoms with Gasteiger partial charge < -0.3 is 4.90 Å². The van der Waals surface area contributed by atoms with E-state index < -0.39 is 0 Å². The van der Waals surface area contributed by atoms with Crippen molar-refractivity contribution >= 4 is 17.5 Å². The van der Waals surface area contributed by atoms with Crippen molar-refractivity contribution in [3.05, 3.63) is 0 Å². The molecule has 0 saturated heterocycles. The number of nitrogens with zero attached hydrogens (tertiary/aromatic N) is 1. The van der Waals surface area contributed by atoms with E-state index in [9.17, 15) is 4.79 Å². The molecule has 13 heavy (non-hydrogen) atoms. The molecule has 2 nitrogen and oxygen atoms in total. The van der Waals surface area contributed by atoms with Crippen LogP contribution in [0.3, 0.4) is 0 Å². The summed E-state index contributed by atoms with van der Waals surface area (Å²) in [5.41, 5.74) is 0. The Morgan fingerprint density at radius 1 is 1.46 bits per heavy atom. The van der Waals surface area contributed by atoms with E-state index in [0.717, 1.165) is 6.42 Å². The number of alkyl halides is 1. The molecule has 0 spiro atoms. The number of hydrogen-bond donors (Lipinski definition) is 0. The summed E-state index contributed by atoms with van der Waals surface area (Å²) < 4.78 is 0. The molecule has 1 fully saturated rings. The van der Waals surface area contributed by atoms with Gasteiger partial charge in [0, 0.05) is 13.1 Å². The van der Waals surface area contributed by atoms with Gasteiger partial charge in [-0.1, -0.05) is 19.8 Å². The smallest absolute Gasteiger partial charge is 0.237 e. The summed E-state index contributed by atoms with van der Waals surface area (Å²) in [6, 6.07) is 0.417. The van der Waals surface area contributed by atoms with Gasteiger partial charge in [0.05, 0.1) is 0 Å². The van der Waals surface area contributed by atoms with Gasteiger partial charge in [0.1, 0.15) is 5.88 Å². The Kier molecular flexibility index (Phi) is 4.04. The lowest BCUT2D eigenvalue weighted by Crippen LogP contribution is -2.43. The Balaban J connectivity index is 2.53. The molecule has 2 atom stereocenters. The van der Waals surface area contributed by atoms with Crippen LogP contribution in [0.2, 0.25) is 0 Å². The van der Waals surface area contributed by atoms with Gasteiger partial charge in [0.2, 0.25) is 5.91 Å². The predicted octanol–water partition coefficient (Wildman–Crippen LogP) is 2.26. The van der Waals surface area contributed by atoms with Crippen molar-refractivity contribution in [1.29, 1.82) is 0 Å². The quantitative estimate of drug-likeness (QED) is 0.631. The van der Waals surface area contributed by atoms with Crippen LogP contribution < -0.4 is 0 Å². The number of carbonyl (C=O) groups is 1. The Labute approximate surface area is 85.2 Å². The Bertz CT molecular complexity index is 184. The first kappa shape index (κ1) is 10.8. The molecular formula is C10H18ClNO. The number of halogens is 1. The summed E-state index contributed by atoms with van der Waals surface area (Å²) in [5, 5.41) is 0. The van der Waals surface area contributed by atoms with Gasteiger partial charge in [-0.25, -0.2) is 0 Å². The molecule has 0 heterocycles. The van der Waals surface area contributed by atoms with Crippen LogP contribution in [0.5, 0.6) is 0 Å². The largest absolute Gasteiger partial charge is 0.341 e. The highest BCUT2D eigenvalue weighted by molar-refractivity contribution is 6.27. The average molecular weight is 204 g/mol. The SMILES string of the molecule is C[C@@H]1CCCC[C@@H]1N(C)C(=O)CCl. The molecule has 1 amide bonds. The third-order valence-corrected chi connectivity index (χ3v) is 3.30. The molecule has 0 bridgehead atoms. The molecule has 0 aliphatic heterocycles. The lowest BCUT2D eigenvalue weighted by Gasteiger charge is -2.36. The fourth-order valence-corrected chi connectivity index (χ4v) is 2.34. The molecule has 1 aliphatic rings. The van der Waals surface area contributed by atoms with Crippen molar-refractivity contribution in [2.24, 2.45) is 5.92 Å². The highest BCUT2D eigenvalue weighted by Gasteiger charge is 2.27. The van der Waals surface area contributed by atoms with Crippen LogP contribution >= 0.6 is 11.6 Å². The van der Waals surface area contributed by atoms with E-state index in [4.69, 9.17) is 11.6 Å². The van der Waals surface area contributed by atoms with Gasteiger partial charge in [0.25, 0.3) is 0 Å². The van der Waals surface area contributed by atoms with E-state index in [0.29, 0.717) is 12.0 Å². The second kappa shape index (κ2) is 4.85. The van der Waals surface area contributed by atoms with Gasteiger partial charge in [-0.15, -0.1) is 11.6 Å². The molecule has 1 aliphatic carbocycles. The van der Waals surface area contributed by atoms with Gasteiger partial charge in [-0.3, -0.25) is 4.79 Å². The summed E-state index contributed by atoms with van der Waals surface area (Å²) in [7, 11) is 1.87. The molecule has 0 aromatic carbocycles. The number of amides is 1. The second-order valence-corrected chi connectivity index (χ2v) is 4.23. The van der Waals surface area contributed by atoms with Gasteiger partial charge in [-0.05, 0) is 18.8 Å². The maximum absolute atomic E-state index is 11.4. The van der Waals surface area contributed by atoms with Crippen LogP contribution in [0.1, 0.15) is 32.6 Å². The zero-order valence-electron chi connectivity index (χ0n) is 8.42. The zero-order valence-corrected chi connectivity index (χ0v) is 9.18. The van der Waals surface area contributed by atoms with Gasteiger partial charge >= 0.3 is 0 Å². The minimum Gasteiger partial charge on any atom is -0.341 e. The standard InChI is InChI=1S/C10H18ClNO/c1-8-5-3-4-6-9(8)12(2)10(13)7-11/h8-9H,3-7H2,1-2H3/t8-,9+/m1/s1. The highest BCUT2D eigenvalue weighted by atomic mass is 35.5. The van der Waals surface area contributed by atoms with Crippen LogP contribution in [-0.2, 0) is 4.79 Å². The summed E-state index contributed by atoms with van der Waals surface area (Å²) in [4.78, 5) is 13.2. The minimum atomic E-state index is 0.0559. The lowest BCUT2D eigenvalue weighted by atomic mass is 9.85. The zero-order chi connectivity index (χ0) is 9.84. The summed E-state index contributed by atoms with van der Waals surface area (Å²) in [5.74, 6) is 0.797. The minimum absolute atomic E-state index is 0.0559. The fraction of sp³-hybridized carbons (Fsp3) is 0.900. The molecule has 76 valence electrons. The van der Waals surface area contributed by atoms with Crippen molar-refractivity contribution in [2.75, 3.05) is 12.9 Å². The van der Waals surface area contributed by atoms with Crippen LogP contribution in [0.15, 0.2) is 0 Å². The molecule has 0 radical (unpaired) electrons. The first-order chi connectivity index (χ1) is 6.16. The number of rotatable bonds is 2. The second-order valence-electron chi connectivity index (χ2n) is 3.97. The van der Waals surface area contributed by atoms with Crippen LogP contribution in [0.4, 0.5) is 0 Å². The van der Waals surface area contributed by atoms with Gasteiger partial charge in [-0.2, -0.15) is 0 Å². The van der Waals surface area contributed by atoms with E-state index in [1.54, 1.807) is 0 Å². The Hall–Kier alpha value is -0.240. The predicted molar refractivity (Wildman–Crippen MR) is 54.9 cm³/mol. The molecule has 3 heteroatoms. The maximum atomic E-state index is 11.4. The van der Waals surface area contributed by atoms with Crippen molar-refractivity contribution in [3.63, 3.8) is 0 Å². The number of hydrogen-bond acceptors (Lipinski definition) is 1. The Morgan fingerprint density at radius 3 is 2.62 bits per heavy atom. The molecule has 0 unspecified atom stereocenters. The molecule has 1 rings (SSSR count). The lowest BCUT2D eigenvalue weighted by molar-refractivity contribution is -0.130. The van der Waals surface area contributed by atoms with Crippen LogP contribution in [0, 0.1) is 5.92 Å². The van der Waals surface area contributed by atoms with E-state index in [2.05, 4.69) is 6.92 Å². The van der Waals surface area contributed by atoms with E-state index in [1.165, 1.54) is 19.3 Å². The topological polar surface area (TPSA) is 20.3 Å². The average Bonchev–Trinajstić information content (AvgIpc) is 2.16. The van der Waals surface area contributed by atoms with E-state index in [1.807, 2.05) is 11.9 Å². The van der Waals surface area contributed by atoms with Gasteiger partial charge in [0.15, 0.2) is 0 Å². The summed E-state index contributed by atoms with van der Waals surface area (Å²) in [6.45, 7) is 2.22. The van der Waals surface area contributed by atoms with Crippen molar-refractivity contribution in [2.45, 2.75) is 38.6 Å². The molecular weight excluding hydrogens is 186 g/mol. The molecule has 0 aromatic rings. The first-order valence-electron chi connectivity index (χ1n) is 4.98. The van der Waals surface area contributed by atoms with E-state index >= 15 is 0 Å². The van der Waals surface area contributed by atoms with E-state index in [-0.39, 0.29) is 11.8 Å². The third kappa shape index (κ3) is 2.60. The highest BCUT2D eigenvalue weighted by Crippen LogP contribution is 2.27. The fourth-order valence-electron chi connectivity index (χ4n) is 2.15. The van der Waals surface area contributed by atoms with Crippen molar-refractivity contribution in [1.82, 2.24) is 4.90 Å². The molecule has 0 N–H and O–H groups in total. The van der Waals surface area contributed by atoms with Crippen molar-refractivity contribution < 1.29 is 4.79 Å². The summed E-state index contributed by atoms with van der Waals surface area (Å²) >= 11 is 5.52. The number of carbonyl (C=O) groups excluding carboxylic acids is 1. The summed E-state index contributed by atoms with van der Waals surface area (Å²) in [6.07, 6.45) is 4.93. The monoisotopic (exact) mass is 203 g/mol. The van der Waals surface area contributed by atoms with Crippen molar-refractivity contribution in [3.8, 4) is 0 Å². The molecule has 1 saturated carbocycles. The first-order valence-corrected chi connectivity index (χ1v) is 5.52. The maximum Gasteiger partial charge on any atom is 0.237 e. The molecule has 0 aromatic heterocycles. The van der Waals surface area contributed by atoms with Crippen LogP contribution in [0.25, 0.3) is 0 Å². The third-order valence-electron chi connectivity index (χ3n) is 3.07. The van der Waals surface area contributed by atoms with Crippen LogP contribution in [-0.4, -0.2) is 29.8 Å².